The SMILES string of the molecule is COC(C)CNCC(O)COCc1cccs1. The van der Waals surface area contributed by atoms with Crippen molar-refractivity contribution in [3.8, 4) is 0 Å². The van der Waals surface area contributed by atoms with Crippen molar-refractivity contribution in [3.05, 3.63) is 22.4 Å². The molecule has 0 saturated carbocycles. The van der Waals surface area contributed by atoms with Gasteiger partial charge in [-0.1, -0.05) is 6.07 Å². The third-order valence-corrected chi connectivity index (χ3v) is 3.20. The van der Waals surface area contributed by atoms with Crippen LogP contribution >= 0.6 is 11.3 Å². The summed E-state index contributed by atoms with van der Waals surface area (Å²) in [5.74, 6) is 0. The van der Waals surface area contributed by atoms with Crippen LogP contribution in [0.25, 0.3) is 0 Å². The zero-order valence-electron chi connectivity index (χ0n) is 10.4. The molecule has 5 heteroatoms. The van der Waals surface area contributed by atoms with Crippen LogP contribution in [0.1, 0.15) is 11.8 Å². The van der Waals surface area contributed by atoms with E-state index in [4.69, 9.17) is 9.47 Å². The third-order valence-electron chi connectivity index (χ3n) is 2.35. The predicted molar refractivity (Wildman–Crippen MR) is 69.3 cm³/mol. The number of ether oxygens (including phenoxy) is 2. The molecule has 4 nitrogen and oxygen atoms in total. The van der Waals surface area contributed by atoms with Gasteiger partial charge in [0.15, 0.2) is 0 Å². The minimum absolute atomic E-state index is 0.161. The van der Waals surface area contributed by atoms with E-state index in [-0.39, 0.29) is 6.10 Å². The zero-order valence-corrected chi connectivity index (χ0v) is 11.2. The van der Waals surface area contributed by atoms with Gasteiger partial charge in [-0.05, 0) is 18.4 Å². The molecule has 0 aliphatic heterocycles. The van der Waals surface area contributed by atoms with E-state index in [1.54, 1.807) is 18.4 Å². The van der Waals surface area contributed by atoms with E-state index in [2.05, 4.69) is 5.32 Å². The van der Waals surface area contributed by atoms with Gasteiger partial charge in [-0.2, -0.15) is 0 Å². The first-order chi connectivity index (χ1) is 8.22. The molecule has 0 spiro atoms. The van der Waals surface area contributed by atoms with E-state index < -0.39 is 6.10 Å². The fourth-order valence-electron chi connectivity index (χ4n) is 1.29. The molecule has 1 aromatic rings. The van der Waals surface area contributed by atoms with Crippen LogP contribution in [0.4, 0.5) is 0 Å². The van der Waals surface area contributed by atoms with Crippen molar-refractivity contribution >= 4 is 11.3 Å². The maximum atomic E-state index is 9.64. The molecular weight excluding hydrogens is 238 g/mol. The first kappa shape index (κ1) is 14.6. The van der Waals surface area contributed by atoms with Gasteiger partial charge in [0.05, 0.1) is 25.4 Å². The Hall–Kier alpha value is -0.460. The summed E-state index contributed by atoms with van der Waals surface area (Å²) in [5.41, 5.74) is 0. The summed E-state index contributed by atoms with van der Waals surface area (Å²) in [4.78, 5) is 1.18. The van der Waals surface area contributed by atoms with E-state index in [0.717, 1.165) is 6.54 Å². The number of rotatable bonds is 9. The number of hydrogen-bond donors (Lipinski definition) is 2. The van der Waals surface area contributed by atoms with Gasteiger partial charge in [0.1, 0.15) is 0 Å². The monoisotopic (exact) mass is 259 g/mol. The number of aliphatic hydroxyl groups excluding tert-OH is 1. The lowest BCUT2D eigenvalue weighted by molar-refractivity contribution is 0.0276. The minimum atomic E-state index is -0.473. The normalized spacial score (nSPS) is 14.8. The standard InChI is InChI=1S/C12H21NO3S/c1-10(15-2)6-13-7-11(14)8-16-9-12-4-3-5-17-12/h3-5,10-11,13-14H,6-9H2,1-2H3. The van der Waals surface area contributed by atoms with Crippen LogP contribution in [-0.2, 0) is 16.1 Å². The molecule has 2 N–H and O–H groups in total. The molecule has 2 atom stereocenters. The second-order valence-electron chi connectivity index (χ2n) is 3.95. The molecule has 2 unspecified atom stereocenters. The number of nitrogens with one attached hydrogen (secondary N) is 1. The molecule has 98 valence electrons. The second kappa shape index (κ2) is 8.60. The van der Waals surface area contributed by atoms with Gasteiger partial charge in [-0.3, -0.25) is 0 Å². The van der Waals surface area contributed by atoms with E-state index in [1.807, 2.05) is 24.4 Å². The topological polar surface area (TPSA) is 50.7 Å². The summed E-state index contributed by atoms with van der Waals surface area (Å²) in [7, 11) is 1.67. The third kappa shape index (κ3) is 6.75. The van der Waals surface area contributed by atoms with Crippen molar-refractivity contribution in [2.75, 3.05) is 26.8 Å². The molecule has 0 saturated heterocycles. The van der Waals surface area contributed by atoms with Crippen molar-refractivity contribution in [2.45, 2.75) is 25.7 Å². The Balaban J connectivity index is 1.99. The van der Waals surface area contributed by atoms with Crippen molar-refractivity contribution < 1.29 is 14.6 Å². The number of thiophene rings is 1. The number of methoxy groups -OCH3 is 1. The highest BCUT2D eigenvalue weighted by Gasteiger charge is 2.05. The summed E-state index contributed by atoms with van der Waals surface area (Å²) in [6.07, 6.45) is -0.312. The summed E-state index contributed by atoms with van der Waals surface area (Å²) >= 11 is 1.66. The fourth-order valence-corrected chi connectivity index (χ4v) is 1.93. The maximum absolute atomic E-state index is 9.64. The highest BCUT2D eigenvalue weighted by atomic mass is 32.1. The van der Waals surface area contributed by atoms with Crippen molar-refractivity contribution in [2.24, 2.45) is 0 Å². The van der Waals surface area contributed by atoms with Gasteiger partial charge in [-0.25, -0.2) is 0 Å². The van der Waals surface area contributed by atoms with Gasteiger partial charge in [0, 0.05) is 25.1 Å². The molecule has 17 heavy (non-hydrogen) atoms. The van der Waals surface area contributed by atoms with E-state index in [9.17, 15) is 5.11 Å². The Morgan fingerprint density at radius 3 is 2.94 bits per heavy atom. The quantitative estimate of drug-likeness (QED) is 0.701. The highest BCUT2D eigenvalue weighted by molar-refractivity contribution is 7.09. The Morgan fingerprint density at radius 2 is 2.29 bits per heavy atom. The van der Waals surface area contributed by atoms with Crippen LogP contribution < -0.4 is 5.32 Å². The van der Waals surface area contributed by atoms with Crippen LogP contribution in [-0.4, -0.2) is 44.1 Å². The summed E-state index contributed by atoms with van der Waals surface area (Å²) in [5, 5.41) is 14.8. The molecule has 0 aliphatic rings. The van der Waals surface area contributed by atoms with Crippen LogP contribution in [0.3, 0.4) is 0 Å². The van der Waals surface area contributed by atoms with Gasteiger partial charge < -0.3 is 19.9 Å². The Kier molecular flexibility index (Phi) is 7.39. The molecule has 0 aromatic carbocycles. The summed E-state index contributed by atoms with van der Waals surface area (Å²) < 4.78 is 10.5. The second-order valence-corrected chi connectivity index (χ2v) is 4.99. The van der Waals surface area contributed by atoms with Gasteiger partial charge >= 0.3 is 0 Å². The lowest BCUT2D eigenvalue weighted by Gasteiger charge is -2.14. The highest BCUT2D eigenvalue weighted by Crippen LogP contribution is 2.09. The van der Waals surface area contributed by atoms with Crippen LogP contribution in [0.2, 0.25) is 0 Å². The van der Waals surface area contributed by atoms with Crippen molar-refractivity contribution in [1.29, 1.82) is 0 Å². The van der Waals surface area contributed by atoms with E-state index >= 15 is 0 Å². The smallest absolute Gasteiger partial charge is 0.0897 e. The molecule has 0 bridgehead atoms. The van der Waals surface area contributed by atoms with Gasteiger partial charge in [-0.15, -0.1) is 11.3 Å². The fraction of sp³-hybridized carbons (Fsp3) is 0.667. The first-order valence-electron chi connectivity index (χ1n) is 5.74. The predicted octanol–water partition coefficient (Wildman–Crippen LogP) is 1.25. The zero-order chi connectivity index (χ0) is 12.5. The van der Waals surface area contributed by atoms with E-state index in [1.165, 1.54) is 4.88 Å². The van der Waals surface area contributed by atoms with Crippen LogP contribution in [0.5, 0.6) is 0 Å². The number of hydrogen-bond acceptors (Lipinski definition) is 5. The number of aliphatic hydroxyl groups is 1. The molecule has 0 fully saturated rings. The minimum Gasteiger partial charge on any atom is -0.389 e. The Bertz CT molecular complexity index is 279. The summed E-state index contributed by atoms with van der Waals surface area (Å²) in [6.45, 7) is 4.17. The summed E-state index contributed by atoms with van der Waals surface area (Å²) in [6, 6.07) is 4.02. The van der Waals surface area contributed by atoms with E-state index in [0.29, 0.717) is 19.8 Å². The largest absolute Gasteiger partial charge is 0.389 e. The molecule has 1 rings (SSSR count). The molecule has 0 radical (unpaired) electrons. The van der Waals surface area contributed by atoms with Gasteiger partial charge in [0.25, 0.3) is 0 Å². The molecule has 0 amide bonds. The lowest BCUT2D eigenvalue weighted by atomic mass is 10.3. The lowest BCUT2D eigenvalue weighted by Crippen LogP contribution is -2.34. The molecule has 0 aliphatic carbocycles. The Morgan fingerprint density at radius 1 is 1.47 bits per heavy atom. The van der Waals surface area contributed by atoms with Gasteiger partial charge in [0.2, 0.25) is 0 Å². The Labute approximate surface area is 107 Å². The molecule has 1 heterocycles. The maximum Gasteiger partial charge on any atom is 0.0897 e. The van der Waals surface area contributed by atoms with Crippen LogP contribution in [0, 0.1) is 0 Å². The molecular formula is C12H21NO3S. The van der Waals surface area contributed by atoms with Crippen LogP contribution in [0.15, 0.2) is 17.5 Å². The first-order valence-corrected chi connectivity index (χ1v) is 6.62. The molecule has 1 aromatic heterocycles. The average Bonchev–Trinajstić information content (AvgIpc) is 2.82. The van der Waals surface area contributed by atoms with Crippen molar-refractivity contribution in [1.82, 2.24) is 5.32 Å². The van der Waals surface area contributed by atoms with Crippen molar-refractivity contribution in [3.63, 3.8) is 0 Å². The average molecular weight is 259 g/mol.